The van der Waals surface area contributed by atoms with E-state index in [2.05, 4.69) is 0 Å². The third-order valence-corrected chi connectivity index (χ3v) is 1.99. The zero-order valence-corrected chi connectivity index (χ0v) is 7.77. The summed E-state index contributed by atoms with van der Waals surface area (Å²) in [5, 5.41) is 18.2. The van der Waals surface area contributed by atoms with E-state index < -0.39 is 29.1 Å². The third kappa shape index (κ3) is 2.23. The van der Waals surface area contributed by atoms with E-state index >= 15 is 0 Å². The van der Waals surface area contributed by atoms with Crippen LogP contribution in [0.2, 0.25) is 0 Å². The Labute approximate surface area is 85.1 Å². The second-order valence-electron chi connectivity index (χ2n) is 3.04. The zero-order chi connectivity index (χ0) is 11.6. The Morgan fingerprint density at radius 1 is 1.53 bits per heavy atom. The Hall–Kier alpha value is -1.66. The van der Waals surface area contributed by atoms with Crippen LogP contribution in [0.25, 0.3) is 0 Å². The maximum atomic E-state index is 13.0. The molecule has 0 aromatic heterocycles. The quantitative estimate of drug-likeness (QED) is 0.574. The van der Waals surface area contributed by atoms with Crippen LogP contribution in [0, 0.1) is 5.82 Å². The monoisotopic (exact) mass is 214 g/mol. The molecule has 15 heavy (non-hydrogen) atoms. The first-order valence-electron chi connectivity index (χ1n) is 4.18. The van der Waals surface area contributed by atoms with Crippen LogP contribution < -0.4 is 11.5 Å². The number of phenols is 1. The van der Waals surface area contributed by atoms with E-state index in [-0.39, 0.29) is 12.1 Å². The van der Waals surface area contributed by atoms with E-state index in [0.29, 0.717) is 0 Å². The predicted molar refractivity (Wildman–Crippen MR) is 51.0 cm³/mol. The summed E-state index contributed by atoms with van der Waals surface area (Å²) in [5.41, 5.74) is 10.2. The van der Waals surface area contributed by atoms with Crippen molar-refractivity contribution >= 4 is 5.97 Å². The molecule has 1 aromatic rings. The van der Waals surface area contributed by atoms with Crippen molar-refractivity contribution < 1.29 is 19.4 Å². The SMILES string of the molecule is NC[C@@H](N)c1cc(F)cc(C(=O)O)c1O. The fourth-order valence-corrected chi connectivity index (χ4v) is 1.19. The number of halogens is 1. The number of aromatic hydroxyl groups is 1. The van der Waals surface area contributed by atoms with E-state index in [4.69, 9.17) is 16.6 Å². The number of carboxylic acid groups (broad SMARTS) is 1. The second-order valence-corrected chi connectivity index (χ2v) is 3.04. The van der Waals surface area contributed by atoms with Crippen molar-refractivity contribution in [3.63, 3.8) is 0 Å². The molecule has 0 aliphatic carbocycles. The molecular formula is C9H11FN2O3. The van der Waals surface area contributed by atoms with Gasteiger partial charge in [0.2, 0.25) is 0 Å². The van der Waals surface area contributed by atoms with Crippen molar-refractivity contribution in [2.24, 2.45) is 11.5 Å². The Morgan fingerprint density at radius 2 is 2.13 bits per heavy atom. The lowest BCUT2D eigenvalue weighted by Gasteiger charge is -2.12. The predicted octanol–water partition coefficient (Wildman–Crippen LogP) is 0.188. The maximum Gasteiger partial charge on any atom is 0.339 e. The van der Waals surface area contributed by atoms with Crippen LogP contribution in [-0.4, -0.2) is 22.7 Å². The van der Waals surface area contributed by atoms with Crippen LogP contribution in [0.15, 0.2) is 12.1 Å². The van der Waals surface area contributed by atoms with Crippen molar-refractivity contribution in [3.05, 3.63) is 29.1 Å². The molecule has 0 spiro atoms. The van der Waals surface area contributed by atoms with Crippen molar-refractivity contribution in [1.82, 2.24) is 0 Å². The molecule has 1 aromatic carbocycles. The minimum Gasteiger partial charge on any atom is -0.507 e. The van der Waals surface area contributed by atoms with Crippen molar-refractivity contribution in [2.45, 2.75) is 6.04 Å². The van der Waals surface area contributed by atoms with E-state index in [1.807, 2.05) is 0 Å². The van der Waals surface area contributed by atoms with Crippen LogP contribution in [0.3, 0.4) is 0 Å². The minimum atomic E-state index is -1.42. The summed E-state index contributed by atoms with van der Waals surface area (Å²) in [6, 6.07) is 0.905. The van der Waals surface area contributed by atoms with Gasteiger partial charge in [-0.05, 0) is 12.1 Å². The van der Waals surface area contributed by atoms with Gasteiger partial charge < -0.3 is 21.7 Å². The molecule has 82 valence electrons. The molecule has 0 aliphatic heterocycles. The summed E-state index contributed by atoms with van der Waals surface area (Å²) in [6.07, 6.45) is 0. The van der Waals surface area contributed by atoms with E-state index in [1.54, 1.807) is 0 Å². The Morgan fingerprint density at radius 3 is 2.60 bits per heavy atom. The second kappa shape index (κ2) is 4.24. The average molecular weight is 214 g/mol. The van der Waals surface area contributed by atoms with Gasteiger partial charge in [0.05, 0.1) is 0 Å². The first-order chi connectivity index (χ1) is 6.97. The summed E-state index contributed by atoms with van der Waals surface area (Å²) in [7, 11) is 0. The number of carboxylic acids is 1. The summed E-state index contributed by atoms with van der Waals surface area (Å²) in [4.78, 5) is 10.6. The van der Waals surface area contributed by atoms with Gasteiger partial charge in [-0.1, -0.05) is 0 Å². The molecule has 1 rings (SSSR count). The highest BCUT2D eigenvalue weighted by Crippen LogP contribution is 2.27. The van der Waals surface area contributed by atoms with Gasteiger partial charge in [0.15, 0.2) is 0 Å². The molecule has 6 N–H and O–H groups in total. The van der Waals surface area contributed by atoms with Crippen LogP contribution in [0.4, 0.5) is 4.39 Å². The maximum absolute atomic E-state index is 13.0. The smallest absolute Gasteiger partial charge is 0.339 e. The number of benzene rings is 1. The third-order valence-electron chi connectivity index (χ3n) is 1.99. The lowest BCUT2D eigenvalue weighted by Crippen LogP contribution is -2.21. The number of aromatic carboxylic acids is 1. The first kappa shape index (κ1) is 11.4. The lowest BCUT2D eigenvalue weighted by molar-refractivity contribution is 0.0693. The van der Waals surface area contributed by atoms with Gasteiger partial charge in [0.25, 0.3) is 0 Å². The molecule has 0 bridgehead atoms. The van der Waals surface area contributed by atoms with E-state index in [1.165, 1.54) is 0 Å². The molecule has 0 heterocycles. The van der Waals surface area contributed by atoms with Crippen molar-refractivity contribution in [2.75, 3.05) is 6.54 Å². The molecule has 0 amide bonds. The number of hydrogen-bond acceptors (Lipinski definition) is 4. The van der Waals surface area contributed by atoms with Crippen LogP contribution in [0.1, 0.15) is 22.0 Å². The van der Waals surface area contributed by atoms with Gasteiger partial charge in [-0.15, -0.1) is 0 Å². The van der Waals surface area contributed by atoms with Crippen LogP contribution in [0.5, 0.6) is 5.75 Å². The molecule has 1 atom stereocenters. The van der Waals surface area contributed by atoms with Crippen molar-refractivity contribution in [1.29, 1.82) is 0 Å². The number of nitrogens with two attached hydrogens (primary N) is 2. The molecule has 5 nitrogen and oxygen atoms in total. The standard InChI is InChI=1S/C9H11FN2O3/c10-4-1-5(7(12)3-11)8(13)6(2-4)9(14)15/h1-2,7,13H,3,11-12H2,(H,14,15)/t7-/m1/s1. The van der Waals surface area contributed by atoms with Gasteiger partial charge in [-0.3, -0.25) is 0 Å². The fourth-order valence-electron chi connectivity index (χ4n) is 1.19. The molecule has 0 saturated carbocycles. The zero-order valence-electron chi connectivity index (χ0n) is 7.77. The van der Waals surface area contributed by atoms with Gasteiger partial charge in [0.1, 0.15) is 17.1 Å². The summed E-state index contributed by atoms with van der Waals surface area (Å²) in [6.45, 7) is -0.0178. The molecule has 0 saturated heterocycles. The van der Waals surface area contributed by atoms with Gasteiger partial charge in [-0.2, -0.15) is 0 Å². The molecule has 6 heteroatoms. The fraction of sp³-hybridized carbons (Fsp3) is 0.222. The average Bonchev–Trinajstić information content (AvgIpc) is 2.19. The summed E-state index contributed by atoms with van der Waals surface area (Å²) < 4.78 is 13.0. The normalized spacial score (nSPS) is 12.5. The number of rotatable bonds is 3. The van der Waals surface area contributed by atoms with Crippen LogP contribution in [-0.2, 0) is 0 Å². The van der Waals surface area contributed by atoms with E-state index in [9.17, 15) is 14.3 Å². The molecular weight excluding hydrogens is 203 g/mol. The summed E-state index contributed by atoms with van der Waals surface area (Å²) >= 11 is 0. The highest BCUT2D eigenvalue weighted by atomic mass is 19.1. The highest BCUT2D eigenvalue weighted by Gasteiger charge is 2.18. The highest BCUT2D eigenvalue weighted by molar-refractivity contribution is 5.91. The minimum absolute atomic E-state index is 0.00472. The Balaban J connectivity index is 3.34. The van der Waals surface area contributed by atoms with Gasteiger partial charge >= 0.3 is 5.97 Å². The number of hydrogen-bond donors (Lipinski definition) is 4. The summed E-state index contributed by atoms with van der Waals surface area (Å²) in [5.74, 6) is -2.73. The topological polar surface area (TPSA) is 110 Å². The van der Waals surface area contributed by atoms with Gasteiger partial charge in [-0.25, -0.2) is 9.18 Å². The molecule has 0 fully saturated rings. The molecule has 0 radical (unpaired) electrons. The molecule has 0 unspecified atom stereocenters. The van der Waals surface area contributed by atoms with Crippen molar-refractivity contribution in [3.8, 4) is 5.75 Å². The van der Waals surface area contributed by atoms with Crippen LogP contribution >= 0.6 is 0 Å². The van der Waals surface area contributed by atoms with Gasteiger partial charge in [0, 0.05) is 18.2 Å². The van der Waals surface area contributed by atoms with E-state index in [0.717, 1.165) is 12.1 Å². The number of carbonyl (C=O) groups is 1. The first-order valence-corrected chi connectivity index (χ1v) is 4.18. The Kier molecular flexibility index (Phi) is 3.23. The largest absolute Gasteiger partial charge is 0.507 e. The molecule has 0 aliphatic rings. The lowest BCUT2D eigenvalue weighted by atomic mass is 10.0. The Bertz CT molecular complexity index is 395.